The summed E-state index contributed by atoms with van der Waals surface area (Å²) in [5.41, 5.74) is 0.925. The molecule has 0 radical (unpaired) electrons. The fourth-order valence-corrected chi connectivity index (χ4v) is 3.06. The standard InChI is InChI=1S/C13H6BrCl3INO/c14-8-2-4-10(12(17)11(8)16)19-13(20)7-5-6(15)1-3-9(7)18/h1-5H,(H,19,20). The molecule has 104 valence electrons. The number of halogens is 5. The van der Waals surface area contributed by atoms with Crippen LogP contribution in [0.1, 0.15) is 10.4 Å². The van der Waals surface area contributed by atoms with Gasteiger partial charge in [-0.25, -0.2) is 0 Å². The second-order valence-electron chi connectivity index (χ2n) is 3.80. The Kier molecular flexibility index (Phi) is 5.59. The van der Waals surface area contributed by atoms with Gasteiger partial charge in [-0.2, -0.15) is 0 Å². The Morgan fingerprint density at radius 1 is 1.10 bits per heavy atom. The van der Waals surface area contributed by atoms with Gasteiger partial charge in [-0.15, -0.1) is 0 Å². The van der Waals surface area contributed by atoms with E-state index in [2.05, 4.69) is 43.8 Å². The molecule has 7 heteroatoms. The summed E-state index contributed by atoms with van der Waals surface area (Å²) < 4.78 is 1.46. The van der Waals surface area contributed by atoms with E-state index in [4.69, 9.17) is 34.8 Å². The average molecular weight is 505 g/mol. The van der Waals surface area contributed by atoms with Crippen molar-refractivity contribution in [3.05, 3.63) is 59.0 Å². The first-order valence-electron chi connectivity index (χ1n) is 5.30. The van der Waals surface area contributed by atoms with Crippen molar-refractivity contribution in [2.45, 2.75) is 0 Å². The summed E-state index contributed by atoms with van der Waals surface area (Å²) in [7, 11) is 0. The summed E-state index contributed by atoms with van der Waals surface area (Å²) in [5.74, 6) is -0.294. The Hall–Kier alpha value is -0.0100. The molecule has 1 amide bonds. The lowest BCUT2D eigenvalue weighted by Gasteiger charge is -2.10. The number of carbonyl (C=O) groups excluding carboxylic acids is 1. The lowest BCUT2D eigenvalue weighted by Crippen LogP contribution is -2.13. The van der Waals surface area contributed by atoms with Crippen LogP contribution in [0.5, 0.6) is 0 Å². The minimum atomic E-state index is -0.294. The van der Waals surface area contributed by atoms with Crippen molar-refractivity contribution < 1.29 is 4.79 Å². The number of hydrogen-bond donors (Lipinski definition) is 1. The van der Waals surface area contributed by atoms with Crippen molar-refractivity contribution in [3.8, 4) is 0 Å². The lowest BCUT2D eigenvalue weighted by molar-refractivity contribution is 0.102. The van der Waals surface area contributed by atoms with Crippen molar-refractivity contribution in [2.24, 2.45) is 0 Å². The van der Waals surface area contributed by atoms with E-state index < -0.39 is 0 Å². The highest BCUT2D eigenvalue weighted by Crippen LogP contribution is 2.36. The summed E-state index contributed by atoms with van der Waals surface area (Å²) in [6.07, 6.45) is 0. The molecule has 2 nitrogen and oxygen atoms in total. The third-order valence-electron chi connectivity index (χ3n) is 2.46. The molecule has 2 aromatic rings. The molecule has 0 saturated carbocycles. The third kappa shape index (κ3) is 3.60. The van der Waals surface area contributed by atoms with Crippen LogP contribution in [-0.2, 0) is 0 Å². The largest absolute Gasteiger partial charge is 0.321 e. The van der Waals surface area contributed by atoms with Crippen LogP contribution in [-0.4, -0.2) is 5.91 Å². The summed E-state index contributed by atoms with van der Waals surface area (Å²) in [6, 6.07) is 8.49. The smallest absolute Gasteiger partial charge is 0.256 e. The molecule has 0 unspecified atom stereocenters. The van der Waals surface area contributed by atoms with Gasteiger partial charge in [-0.3, -0.25) is 4.79 Å². The van der Waals surface area contributed by atoms with E-state index in [0.29, 0.717) is 25.8 Å². The monoisotopic (exact) mass is 503 g/mol. The van der Waals surface area contributed by atoms with Gasteiger partial charge in [0.2, 0.25) is 0 Å². The van der Waals surface area contributed by atoms with Crippen LogP contribution in [0.3, 0.4) is 0 Å². The zero-order chi connectivity index (χ0) is 14.9. The highest BCUT2D eigenvalue weighted by atomic mass is 127. The Bertz CT molecular complexity index is 694. The maximum absolute atomic E-state index is 12.2. The lowest BCUT2D eigenvalue weighted by atomic mass is 10.2. The van der Waals surface area contributed by atoms with Gasteiger partial charge in [0.05, 0.1) is 21.3 Å². The predicted octanol–water partition coefficient (Wildman–Crippen LogP) is 6.27. The van der Waals surface area contributed by atoms with Gasteiger partial charge in [0.25, 0.3) is 5.91 Å². The molecule has 0 aromatic heterocycles. The molecule has 20 heavy (non-hydrogen) atoms. The number of amides is 1. The van der Waals surface area contributed by atoms with Crippen LogP contribution < -0.4 is 5.32 Å². The highest BCUT2D eigenvalue weighted by Gasteiger charge is 2.14. The van der Waals surface area contributed by atoms with Gasteiger partial charge in [0.1, 0.15) is 0 Å². The van der Waals surface area contributed by atoms with Gasteiger partial charge in [0.15, 0.2) is 0 Å². The van der Waals surface area contributed by atoms with Crippen molar-refractivity contribution in [1.29, 1.82) is 0 Å². The van der Waals surface area contributed by atoms with Gasteiger partial charge < -0.3 is 5.32 Å². The van der Waals surface area contributed by atoms with E-state index in [0.717, 1.165) is 3.57 Å². The number of carbonyl (C=O) groups is 1. The second kappa shape index (κ2) is 6.83. The number of anilines is 1. The van der Waals surface area contributed by atoms with Gasteiger partial charge in [-0.1, -0.05) is 34.8 Å². The average Bonchev–Trinajstić information content (AvgIpc) is 2.42. The van der Waals surface area contributed by atoms with Crippen LogP contribution in [0.2, 0.25) is 15.1 Å². The molecule has 0 saturated heterocycles. The van der Waals surface area contributed by atoms with Crippen molar-refractivity contribution in [1.82, 2.24) is 0 Å². The molecule has 0 heterocycles. The van der Waals surface area contributed by atoms with Gasteiger partial charge in [0, 0.05) is 13.1 Å². The quantitative estimate of drug-likeness (QED) is 0.379. The van der Waals surface area contributed by atoms with E-state index in [1.165, 1.54) is 0 Å². The van der Waals surface area contributed by atoms with Crippen molar-refractivity contribution in [3.63, 3.8) is 0 Å². The first-order valence-corrected chi connectivity index (χ1v) is 8.30. The SMILES string of the molecule is O=C(Nc1ccc(Br)c(Cl)c1Cl)c1cc(Cl)ccc1I. The normalized spacial score (nSPS) is 10.4. The Balaban J connectivity index is 2.33. The number of rotatable bonds is 2. The summed E-state index contributed by atoms with van der Waals surface area (Å²) in [5, 5.41) is 3.85. The molecule has 2 rings (SSSR count). The zero-order valence-electron chi connectivity index (χ0n) is 9.68. The van der Waals surface area contributed by atoms with E-state index >= 15 is 0 Å². The minimum absolute atomic E-state index is 0.284. The maximum Gasteiger partial charge on any atom is 0.256 e. The molecule has 0 spiro atoms. The summed E-state index contributed by atoms with van der Waals surface area (Å²) in [4.78, 5) is 12.2. The molecule has 2 aromatic carbocycles. The highest BCUT2D eigenvalue weighted by molar-refractivity contribution is 14.1. The fraction of sp³-hybridized carbons (Fsp3) is 0. The Labute approximate surface area is 153 Å². The molecule has 0 aliphatic heterocycles. The third-order valence-corrected chi connectivity index (χ3v) is 5.40. The van der Waals surface area contributed by atoms with Crippen molar-refractivity contribution >= 4 is 84.9 Å². The van der Waals surface area contributed by atoms with E-state index in [-0.39, 0.29) is 10.9 Å². The van der Waals surface area contributed by atoms with Crippen molar-refractivity contribution in [2.75, 3.05) is 5.32 Å². The Morgan fingerprint density at radius 2 is 1.80 bits per heavy atom. The molecule has 0 aliphatic carbocycles. The van der Waals surface area contributed by atoms with Crippen LogP contribution in [0, 0.1) is 3.57 Å². The van der Waals surface area contributed by atoms with E-state index in [1.807, 2.05) is 0 Å². The molecular weight excluding hydrogens is 499 g/mol. The predicted molar refractivity (Wildman–Crippen MR) is 96.3 cm³/mol. The fourth-order valence-electron chi connectivity index (χ4n) is 1.48. The minimum Gasteiger partial charge on any atom is -0.321 e. The molecule has 0 bridgehead atoms. The second-order valence-corrected chi connectivity index (χ2v) is 7.01. The molecule has 0 atom stereocenters. The van der Waals surface area contributed by atoms with Crippen LogP contribution in [0.15, 0.2) is 34.8 Å². The molecule has 0 fully saturated rings. The number of benzene rings is 2. The van der Waals surface area contributed by atoms with E-state index in [1.54, 1.807) is 30.3 Å². The Morgan fingerprint density at radius 3 is 2.50 bits per heavy atom. The van der Waals surface area contributed by atoms with Crippen LogP contribution in [0.4, 0.5) is 5.69 Å². The zero-order valence-corrected chi connectivity index (χ0v) is 15.7. The van der Waals surface area contributed by atoms with E-state index in [9.17, 15) is 4.79 Å². The summed E-state index contributed by atoms with van der Waals surface area (Å²) >= 11 is 23.4. The molecule has 1 N–H and O–H groups in total. The first-order chi connectivity index (χ1) is 9.40. The first kappa shape index (κ1) is 16.4. The maximum atomic E-state index is 12.2. The van der Waals surface area contributed by atoms with Crippen LogP contribution in [0.25, 0.3) is 0 Å². The number of hydrogen-bond acceptors (Lipinski definition) is 1. The number of nitrogens with one attached hydrogen (secondary N) is 1. The van der Waals surface area contributed by atoms with Gasteiger partial charge in [-0.05, 0) is 68.9 Å². The van der Waals surface area contributed by atoms with Gasteiger partial charge >= 0.3 is 0 Å². The molecule has 0 aliphatic rings. The summed E-state index contributed by atoms with van der Waals surface area (Å²) in [6.45, 7) is 0. The van der Waals surface area contributed by atoms with Crippen LogP contribution >= 0.6 is 73.3 Å². The molecular formula is C13H6BrCl3INO. The topological polar surface area (TPSA) is 29.1 Å².